The number of nitrogens with two attached hydrogens (primary N) is 1. The van der Waals surface area contributed by atoms with Crippen molar-refractivity contribution in [2.75, 3.05) is 19.1 Å². The van der Waals surface area contributed by atoms with Gasteiger partial charge in [-0.25, -0.2) is 0 Å². The van der Waals surface area contributed by atoms with Gasteiger partial charge >= 0.3 is 0 Å². The summed E-state index contributed by atoms with van der Waals surface area (Å²) in [6.45, 7) is 3.04. The molecule has 0 bridgehead atoms. The highest BCUT2D eigenvalue weighted by molar-refractivity contribution is 7.98. The smallest absolute Gasteiger partial charge is 0.122 e. The van der Waals surface area contributed by atoms with E-state index in [2.05, 4.69) is 25.1 Å². The lowest BCUT2D eigenvalue weighted by molar-refractivity contribution is 0.245. The second kappa shape index (κ2) is 7.78. The highest BCUT2D eigenvalue weighted by atomic mass is 35.5. The average Bonchev–Trinajstić information content (AvgIpc) is 2.37. The van der Waals surface area contributed by atoms with E-state index in [9.17, 15) is 0 Å². The van der Waals surface area contributed by atoms with Gasteiger partial charge in [-0.1, -0.05) is 23.7 Å². The van der Waals surface area contributed by atoms with Crippen LogP contribution >= 0.6 is 23.4 Å². The minimum Gasteiger partial charge on any atom is -0.384 e. The zero-order valence-corrected chi connectivity index (χ0v) is 13.3. The van der Waals surface area contributed by atoms with E-state index in [4.69, 9.17) is 22.7 Å². The Morgan fingerprint density at radius 2 is 2.21 bits per heavy atom. The number of nitrogens with one attached hydrogen (secondary N) is 1. The van der Waals surface area contributed by atoms with Crippen molar-refractivity contribution in [2.24, 2.45) is 5.73 Å². The monoisotopic (exact) mass is 299 g/mol. The molecule has 0 aliphatic heterocycles. The number of hydrogen-bond donors (Lipinski definition) is 2. The van der Waals surface area contributed by atoms with Crippen LogP contribution < -0.4 is 5.73 Å². The summed E-state index contributed by atoms with van der Waals surface area (Å²) in [5, 5.41) is 8.07. The van der Waals surface area contributed by atoms with E-state index in [1.165, 1.54) is 12.2 Å². The van der Waals surface area contributed by atoms with Crippen LogP contribution in [0.4, 0.5) is 0 Å². The molecule has 106 valence electrons. The molecule has 0 saturated carbocycles. The van der Waals surface area contributed by atoms with Gasteiger partial charge < -0.3 is 5.73 Å². The molecule has 1 atom stereocenters. The Morgan fingerprint density at radius 1 is 1.53 bits per heavy atom. The van der Waals surface area contributed by atoms with Gasteiger partial charge in [-0.2, -0.15) is 11.8 Å². The standard InChI is InChI=1S/C14H22ClN3S/c1-10(6-7-19-3)18(2)9-12-5-4-11(14(16)17)8-13(12)15/h4-5,8,10H,6-7,9H2,1-3H3,(H3,16,17). The zero-order valence-electron chi connectivity index (χ0n) is 11.7. The Kier molecular flexibility index (Phi) is 6.69. The predicted octanol–water partition coefficient (Wildman–Crippen LogP) is 3.20. The van der Waals surface area contributed by atoms with Gasteiger partial charge in [0.2, 0.25) is 0 Å². The van der Waals surface area contributed by atoms with Crippen LogP contribution in [-0.2, 0) is 6.54 Å². The van der Waals surface area contributed by atoms with Crippen LogP contribution in [-0.4, -0.2) is 35.8 Å². The van der Waals surface area contributed by atoms with E-state index < -0.39 is 0 Å². The van der Waals surface area contributed by atoms with Crippen molar-refractivity contribution < 1.29 is 0 Å². The van der Waals surface area contributed by atoms with Crippen LogP contribution in [0.25, 0.3) is 0 Å². The summed E-state index contributed by atoms with van der Waals surface area (Å²) in [7, 11) is 2.11. The molecule has 1 unspecified atom stereocenters. The quantitative estimate of drug-likeness (QED) is 0.600. The normalized spacial score (nSPS) is 12.7. The van der Waals surface area contributed by atoms with Crippen LogP contribution in [0.3, 0.4) is 0 Å². The Hall–Kier alpha value is -0.710. The largest absolute Gasteiger partial charge is 0.384 e. The summed E-state index contributed by atoms with van der Waals surface area (Å²) in [5.74, 6) is 1.22. The van der Waals surface area contributed by atoms with E-state index in [0.29, 0.717) is 16.6 Å². The number of nitrogens with zero attached hydrogens (tertiary/aromatic N) is 1. The Bertz CT molecular complexity index is 437. The number of halogens is 1. The molecule has 0 amide bonds. The maximum Gasteiger partial charge on any atom is 0.122 e. The molecule has 0 spiro atoms. The maximum atomic E-state index is 7.39. The molecule has 3 N–H and O–H groups in total. The van der Waals surface area contributed by atoms with Crippen molar-refractivity contribution in [1.29, 1.82) is 5.41 Å². The summed E-state index contributed by atoms with van der Waals surface area (Å²) < 4.78 is 0. The molecule has 5 heteroatoms. The lowest BCUT2D eigenvalue weighted by Crippen LogP contribution is -2.29. The minimum absolute atomic E-state index is 0.0511. The van der Waals surface area contributed by atoms with Gasteiger partial charge in [-0.15, -0.1) is 0 Å². The lowest BCUT2D eigenvalue weighted by atomic mass is 10.1. The van der Waals surface area contributed by atoms with E-state index in [-0.39, 0.29) is 5.84 Å². The first-order valence-electron chi connectivity index (χ1n) is 6.27. The molecule has 19 heavy (non-hydrogen) atoms. The number of amidine groups is 1. The molecule has 0 aliphatic carbocycles. The second-order valence-electron chi connectivity index (χ2n) is 4.77. The van der Waals surface area contributed by atoms with Crippen molar-refractivity contribution in [3.63, 3.8) is 0 Å². The van der Waals surface area contributed by atoms with Crippen molar-refractivity contribution in [3.05, 3.63) is 34.3 Å². The zero-order chi connectivity index (χ0) is 14.4. The van der Waals surface area contributed by atoms with Crippen LogP contribution in [0.15, 0.2) is 18.2 Å². The lowest BCUT2D eigenvalue weighted by Gasteiger charge is -2.25. The highest BCUT2D eigenvalue weighted by Gasteiger charge is 2.11. The SMILES string of the molecule is CSCCC(C)N(C)Cc1ccc(C(=N)N)cc1Cl. The molecule has 1 rings (SSSR count). The van der Waals surface area contributed by atoms with Crippen molar-refractivity contribution in [2.45, 2.75) is 25.9 Å². The number of thioether (sulfide) groups is 1. The third-order valence-electron chi connectivity index (χ3n) is 3.28. The van der Waals surface area contributed by atoms with Gasteiger partial charge in [0.05, 0.1) is 0 Å². The number of benzene rings is 1. The first kappa shape index (κ1) is 16.3. The van der Waals surface area contributed by atoms with Crippen LogP contribution in [0, 0.1) is 5.41 Å². The highest BCUT2D eigenvalue weighted by Crippen LogP contribution is 2.20. The molecular weight excluding hydrogens is 278 g/mol. The molecule has 0 saturated heterocycles. The van der Waals surface area contributed by atoms with Crippen LogP contribution in [0.5, 0.6) is 0 Å². The summed E-state index contributed by atoms with van der Waals surface area (Å²) in [6.07, 6.45) is 3.30. The molecule has 1 aromatic rings. The maximum absolute atomic E-state index is 7.39. The molecule has 1 aromatic carbocycles. The fourth-order valence-electron chi connectivity index (χ4n) is 1.78. The number of rotatable bonds is 7. The summed E-state index contributed by atoms with van der Waals surface area (Å²) in [5.41, 5.74) is 7.20. The third-order valence-corrected chi connectivity index (χ3v) is 4.27. The molecule has 0 aliphatic rings. The molecule has 0 fully saturated rings. The van der Waals surface area contributed by atoms with Gasteiger partial charge in [0.1, 0.15) is 5.84 Å². The molecule has 0 radical (unpaired) electrons. The molecule has 0 aromatic heterocycles. The topological polar surface area (TPSA) is 53.1 Å². The van der Waals surface area contributed by atoms with Crippen LogP contribution in [0.1, 0.15) is 24.5 Å². The molecular formula is C14H22ClN3S. The van der Waals surface area contributed by atoms with Gasteiger partial charge in [0.15, 0.2) is 0 Å². The first-order chi connectivity index (χ1) is 8.95. The minimum atomic E-state index is 0.0511. The third kappa shape index (κ3) is 5.05. The van der Waals surface area contributed by atoms with Gasteiger partial charge in [0.25, 0.3) is 0 Å². The first-order valence-corrected chi connectivity index (χ1v) is 8.05. The number of nitrogen functional groups attached to an aromatic ring is 1. The van der Waals surface area contributed by atoms with Crippen molar-refractivity contribution in [3.8, 4) is 0 Å². The summed E-state index contributed by atoms with van der Waals surface area (Å²) in [6, 6.07) is 6.09. The summed E-state index contributed by atoms with van der Waals surface area (Å²) in [4.78, 5) is 2.30. The van der Waals surface area contributed by atoms with E-state index in [0.717, 1.165) is 12.1 Å². The van der Waals surface area contributed by atoms with Gasteiger partial charge in [-0.05, 0) is 44.0 Å². The van der Waals surface area contributed by atoms with Gasteiger partial charge in [0, 0.05) is 23.2 Å². The van der Waals surface area contributed by atoms with Gasteiger partial charge in [-0.3, -0.25) is 10.3 Å². The Morgan fingerprint density at radius 3 is 2.74 bits per heavy atom. The predicted molar refractivity (Wildman–Crippen MR) is 86.4 cm³/mol. The number of hydrogen-bond acceptors (Lipinski definition) is 3. The summed E-state index contributed by atoms with van der Waals surface area (Å²) >= 11 is 8.12. The second-order valence-corrected chi connectivity index (χ2v) is 6.16. The Balaban J connectivity index is 2.69. The average molecular weight is 300 g/mol. The van der Waals surface area contributed by atoms with Crippen molar-refractivity contribution >= 4 is 29.2 Å². The van der Waals surface area contributed by atoms with E-state index >= 15 is 0 Å². The fraction of sp³-hybridized carbons (Fsp3) is 0.500. The Labute approximate surface area is 125 Å². The van der Waals surface area contributed by atoms with Crippen LogP contribution in [0.2, 0.25) is 5.02 Å². The van der Waals surface area contributed by atoms with E-state index in [1.807, 2.05) is 23.9 Å². The van der Waals surface area contributed by atoms with E-state index in [1.54, 1.807) is 6.07 Å². The van der Waals surface area contributed by atoms with Crippen molar-refractivity contribution in [1.82, 2.24) is 4.90 Å². The molecule has 0 heterocycles. The molecule has 3 nitrogen and oxygen atoms in total. The fourth-order valence-corrected chi connectivity index (χ4v) is 2.59.